The van der Waals surface area contributed by atoms with Gasteiger partial charge >= 0.3 is 5.97 Å². The summed E-state index contributed by atoms with van der Waals surface area (Å²) in [6, 6.07) is 12.2. The number of esters is 1. The van der Waals surface area contributed by atoms with Crippen LogP contribution >= 0.6 is 0 Å². The van der Waals surface area contributed by atoms with Gasteiger partial charge in [0.1, 0.15) is 6.54 Å². The second-order valence-corrected chi connectivity index (χ2v) is 7.36. The molecule has 176 valence electrons. The summed E-state index contributed by atoms with van der Waals surface area (Å²) >= 11 is 0. The number of nitrogens with one attached hydrogen (secondary N) is 3. The molecule has 2 aromatic rings. The summed E-state index contributed by atoms with van der Waals surface area (Å²) in [4.78, 5) is 50.0. The molecule has 0 saturated carbocycles. The van der Waals surface area contributed by atoms with E-state index in [4.69, 9.17) is 4.74 Å². The lowest BCUT2D eigenvalue weighted by molar-refractivity contribution is -0.147. The molecule has 3 amide bonds. The SMILES string of the molecule is CCN(CC)c1ccc(C(=O)NNC(=O)COC(=O)CNC(=O)c2ccc(C)c(C)c2)cc1. The van der Waals surface area contributed by atoms with Crippen LogP contribution in [0.2, 0.25) is 0 Å². The molecule has 0 aromatic heterocycles. The molecule has 0 aliphatic heterocycles. The Kier molecular flexibility index (Phi) is 9.41. The van der Waals surface area contributed by atoms with Crippen molar-refractivity contribution < 1.29 is 23.9 Å². The third kappa shape index (κ3) is 7.64. The molecular formula is C24H30N4O5. The van der Waals surface area contributed by atoms with E-state index in [1.807, 2.05) is 45.9 Å². The maximum absolute atomic E-state index is 12.2. The van der Waals surface area contributed by atoms with Gasteiger partial charge in [0.05, 0.1) is 0 Å². The monoisotopic (exact) mass is 454 g/mol. The van der Waals surface area contributed by atoms with Gasteiger partial charge in [-0.2, -0.15) is 0 Å². The van der Waals surface area contributed by atoms with Crippen molar-refractivity contribution in [2.24, 2.45) is 0 Å². The maximum Gasteiger partial charge on any atom is 0.325 e. The molecule has 9 nitrogen and oxygen atoms in total. The van der Waals surface area contributed by atoms with Gasteiger partial charge in [-0.25, -0.2) is 0 Å². The van der Waals surface area contributed by atoms with Crippen LogP contribution in [-0.4, -0.2) is 49.9 Å². The van der Waals surface area contributed by atoms with E-state index in [2.05, 4.69) is 21.1 Å². The van der Waals surface area contributed by atoms with Crippen LogP contribution in [0.5, 0.6) is 0 Å². The Morgan fingerprint density at radius 1 is 0.818 bits per heavy atom. The van der Waals surface area contributed by atoms with Crippen molar-refractivity contribution in [1.82, 2.24) is 16.2 Å². The maximum atomic E-state index is 12.2. The summed E-state index contributed by atoms with van der Waals surface area (Å²) in [5.41, 5.74) is 8.27. The van der Waals surface area contributed by atoms with Gasteiger partial charge in [-0.05, 0) is 75.2 Å². The van der Waals surface area contributed by atoms with Crippen LogP contribution in [0.3, 0.4) is 0 Å². The molecule has 2 aromatic carbocycles. The van der Waals surface area contributed by atoms with E-state index < -0.39 is 30.3 Å². The van der Waals surface area contributed by atoms with Gasteiger partial charge < -0.3 is 15.0 Å². The first-order valence-electron chi connectivity index (χ1n) is 10.7. The molecular weight excluding hydrogens is 424 g/mol. The first kappa shape index (κ1) is 25.4. The average Bonchev–Trinajstić information content (AvgIpc) is 2.82. The standard InChI is InChI=1S/C24H30N4O5/c1-5-28(6-2)20-11-9-18(10-12-20)24(32)27-26-21(29)15-33-22(30)14-25-23(31)19-8-7-16(3)17(4)13-19/h7-13H,5-6,14-15H2,1-4H3,(H,25,31)(H,26,29)(H,27,32). The van der Waals surface area contributed by atoms with Gasteiger partial charge in [0.15, 0.2) is 6.61 Å². The van der Waals surface area contributed by atoms with E-state index in [1.54, 1.807) is 24.3 Å². The number of ether oxygens (including phenoxy) is 1. The number of anilines is 1. The van der Waals surface area contributed by atoms with Gasteiger partial charge in [0.2, 0.25) is 0 Å². The smallest absolute Gasteiger partial charge is 0.325 e. The molecule has 0 radical (unpaired) electrons. The first-order valence-corrected chi connectivity index (χ1v) is 10.7. The number of benzene rings is 2. The van der Waals surface area contributed by atoms with Crippen molar-refractivity contribution in [2.75, 3.05) is 31.1 Å². The van der Waals surface area contributed by atoms with Crippen LogP contribution in [0, 0.1) is 13.8 Å². The van der Waals surface area contributed by atoms with Crippen LogP contribution in [0.4, 0.5) is 5.69 Å². The van der Waals surface area contributed by atoms with Crippen LogP contribution in [-0.2, 0) is 14.3 Å². The molecule has 0 heterocycles. The molecule has 0 atom stereocenters. The number of aryl methyl sites for hydroxylation is 2. The van der Waals surface area contributed by atoms with Crippen LogP contribution < -0.4 is 21.1 Å². The lowest BCUT2D eigenvalue weighted by Crippen LogP contribution is -2.44. The number of carbonyl (C=O) groups excluding carboxylic acids is 4. The number of rotatable bonds is 9. The minimum atomic E-state index is -0.777. The Morgan fingerprint density at radius 2 is 1.45 bits per heavy atom. The van der Waals surface area contributed by atoms with E-state index in [0.29, 0.717) is 11.1 Å². The highest BCUT2D eigenvalue weighted by molar-refractivity contribution is 5.97. The highest BCUT2D eigenvalue weighted by atomic mass is 16.5. The fourth-order valence-corrected chi connectivity index (χ4v) is 2.98. The predicted molar refractivity (Wildman–Crippen MR) is 125 cm³/mol. The zero-order chi connectivity index (χ0) is 24.4. The van der Waals surface area contributed by atoms with Crippen molar-refractivity contribution in [3.05, 3.63) is 64.7 Å². The zero-order valence-electron chi connectivity index (χ0n) is 19.4. The Labute approximate surface area is 193 Å². The zero-order valence-corrected chi connectivity index (χ0v) is 19.4. The average molecular weight is 455 g/mol. The number of amides is 3. The summed E-state index contributed by atoms with van der Waals surface area (Å²) in [6.07, 6.45) is 0. The number of carbonyl (C=O) groups is 4. The largest absolute Gasteiger partial charge is 0.454 e. The number of hydrazine groups is 1. The molecule has 0 fully saturated rings. The molecule has 2 rings (SSSR count). The molecule has 9 heteroatoms. The van der Waals surface area contributed by atoms with E-state index in [-0.39, 0.29) is 6.54 Å². The Hall–Kier alpha value is -3.88. The molecule has 0 unspecified atom stereocenters. The highest BCUT2D eigenvalue weighted by Gasteiger charge is 2.13. The van der Waals surface area contributed by atoms with Crippen LogP contribution in [0.15, 0.2) is 42.5 Å². The van der Waals surface area contributed by atoms with Gasteiger partial charge in [-0.15, -0.1) is 0 Å². The van der Waals surface area contributed by atoms with Crippen molar-refractivity contribution >= 4 is 29.4 Å². The fourth-order valence-electron chi connectivity index (χ4n) is 2.98. The van der Waals surface area contributed by atoms with Gasteiger partial charge in [-0.1, -0.05) is 6.07 Å². The summed E-state index contributed by atoms with van der Waals surface area (Å²) in [6.45, 7) is 8.64. The van der Waals surface area contributed by atoms with Crippen molar-refractivity contribution in [1.29, 1.82) is 0 Å². The lowest BCUT2D eigenvalue weighted by Gasteiger charge is -2.21. The van der Waals surface area contributed by atoms with E-state index in [9.17, 15) is 19.2 Å². The van der Waals surface area contributed by atoms with Crippen molar-refractivity contribution in [3.8, 4) is 0 Å². The number of hydrogen-bond acceptors (Lipinski definition) is 6. The van der Waals surface area contributed by atoms with E-state index in [0.717, 1.165) is 29.9 Å². The Balaban J connectivity index is 1.71. The first-order chi connectivity index (χ1) is 15.7. The minimum Gasteiger partial charge on any atom is -0.454 e. The molecule has 3 N–H and O–H groups in total. The molecule has 0 aliphatic carbocycles. The summed E-state index contributed by atoms with van der Waals surface area (Å²) in [7, 11) is 0. The summed E-state index contributed by atoms with van der Waals surface area (Å²) in [5, 5.41) is 2.44. The second kappa shape index (κ2) is 12.2. The molecule has 0 bridgehead atoms. The Bertz CT molecular complexity index is 1000. The fraction of sp³-hybridized carbons (Fsp3) is 0.333. The van der Waals surface area contributed by atoms with Crippen LogP contribution in [0.25, 0.3) is 0 Å². The van der Waals surface area contributed by atoms with Crippen molar-refractivity contribution in [3.63, 3.8) is 0 Å². The predicted octanol–water partition coefficient (Wildman–Crippen LogP) is 1.88. The second-order valence-electron chi connectivity index (χ2n) is 7.36. The molecule has 33 heavy (non-hydrogen) atoms. The molecule has 0 spiro atoms. The minimum absolute atomic E-state index is 0.372. The van der Waals surface area contributed by atoms with Gasteiger partial charge in [0, 0.05) is 29.9 Å². The summed E-state index contributed by atoms with van der Waals surface area (Å²) < 4.78 is 4.82. The lowest BCUT2D eigenvalue weighted by atomic mass is 10.1. The van der Waals surface area contributed by atoms with Crippen molar-refractivity contribution in [2.45, 2.75) is 27.7 Å². The topological polar surface area (TPSA) is 117 Å². The number of nitrogens with zero attached hydrogens (tertiary/aromatic N) is 1. The molecule has 0 aliphatic rings. The van der Waals surface area contributed by atoms with Gasteiger partial charge in [0.25, 0.3) is 17.7 Å². The summed E-state index contributed by atoms with van der Waals surface area (Å²) in [5.74, 6) is -2.40. The van der Waals surface area contributed by atoms with E-state index >= 15 is 0 Å². The number of hydrogen-bond donors (Lipinski definition) is 3. The normalized spacial score (nSPS) is 10.2. The third-order valence-electron chi connectivity index (χ3n) is 5.10. The van der Waals surface area contributed by atoms with Crippen LogP contribution in [0.1, 0.15) is 45.7 Å². The third-order valence-corrected chi connectivity index (χ3v) is 5.10. The van der Waals surface area contributed by atoms with Gasteiger partial charge in [-0.3, -0.25) is 30.0 Å². The highest BCUT2D eigenvalue weighted by Crippen LogP contribution is 2.14. The quantitative estimate of drug-likeness (QED) is 0.394. The van der Waals surface area contributed by atoms with E-state index in [1.165, 1.54) is 0 Å². The Morgan fingerprint density at radius 3 is 2.06 bits per heavy atom. The molecule has 0 saturated heterocycles.